The highest BCUT2D eigenvalue weighted by Crippen LogP contribution is 2.32. The normalized spacial score (nSPS) is 32.4. The van der Waals surface area contributed by atoms with Gasteiger partial charge in [-0.2, -0.15) is 0 Å². The number of carbonyl (C=O) groups excluding carboxylic acids is 1. The molecular formula is C7H12O2. The van der Waals surface area contributed by atoms with E-state index in [1.165, 1.54) is 0 Å². The summed E-state index contributed by atoms with van der Waals surface area (Å²) in [6, 6.07) is 0. The smallest absolute Gasteiger partial charge is 0.149 e. The Bertz CT molecular complexity index is 118. The molecule has 1 aliphatic heterocycles. The molecular weight excluding hydrogens is 116 g/mol. The quantitative estimate of drug-likeness (QED) is 0.492. The van der Waals surface area contributed by atoms with E-state index >= 15 is 0 Å². The standard InChI is InChI=1S/C7H12O2/c1-7(2)3-4-9-6(7)5-8/h5-6H,3-4H2,1-2H3/t6-/m1/s1. The van der Waals surface area contributed by atoms with Gasteiger partial charge in [0.1, 0.15) is 12.4 Å². The number of hydrogen-bond acceptors (Lipinski definition) is 2. The molecule has 1 heterocycles. The topological polar surface area (TPSA) is 26.3 Å². The second kappa shape index (κ2) is 2.10. The van der Waals surface area contributed by atoms with Crippen LogP contribution in [0, 0.1) is 5.41 Å². The Balaban J connectivity index is 2.62. The Morgan fingerprint density at radius 2 is 2.33 bits per heavy atom. The minimum Gasteiger partial charge on any atom is -0.370 e. The van der Waals surface area contributed by atoms with Crippen LogP contribution >= 0.6 is 0 Å². The van der Waals surface area contributed by atoms with Crippen molar-refractivity contribution in [2.75, 3.05) is 6.61 Å². The molecule has 1 saturated heterocycles. The SMILES string of the molecule is CC1(C)CCO[C@@H]1C=O. The summed E-state index contributed by atoms with van der Waals surface area (Å²) in [6.45, 7) is 4.84. The van der Waals surface area contributed by atoms with Crippen LogP contribution in [0.25, 0.3) is 0 Å². The summed E-state index contributed by atoms with van der Waals surface area (Å²) in [7, 11) is 0. The van der Waals surface area contributed by atoms with Crippen LogP contribution in [-0.2, 0) is 9.53 Å². The van der Waals surface area contributed by atoms with Crippen molar-refractivity contribution >= 4 is 6.29 Å². The largest absolute Gasteiger partial charge is 0.370 e. The molecule has 1 aliphatic rings. The molecule has 0 radical (unpaired) electrons. The maximum Gasteiger partial charge on any atom is 0.149 e. The average molecular weight is 128 g/mol. The summed E-state index contributed by atoms with van der Waals surface area (Å²) >= 11 is 0. The highest BCUT2D eigenvalue weighted by molar-refractivity contribution is 5.58. The van der Waals surface area contributed by atoms with Gasteiger partial charge in [-0.15, -0.1) is 0 Å². The molecule has 2 heteroatoms. The molecule has 9 heavy (non-hydrogen) atoms. The Labute approximate surface area is 55.2 Å². The van der Waals surface area contributed by atoms with Crippen molar-refractivity contribution in [1.29, 1.82) is 0 Å². The van der Waals surface area contributed by atoms with Crippen LogP contribution in [0.4, 0.5) is 0 Å². The van der Waals surface area contributed by atoms with E-state index in [0.717, 1.165) is 19.3 Å². The van der Waals surface area contributed by atoms with Gasteiger partial charge in [-0.1, -0.05) is 13.8 Å². The first kappa shape index (κ1) is 6.75. The third kappa shape index (κ3) is 1.13. The van der Waals surface area contributed by atoms with Crippen LogP contribution in [0.3, 0.4) is 0 Å². The van der Waals surface area contributed by atoms with E-state index in [1.54, 1.807) is 0 Å². The lowest BCUT2D eigenvalue weighted by Crippen LogP contribution is -2.25. The molecule has 2 nitrogen and oxygen atoms in total. The van der Waals surface area contributed by atoms with Gasteiger partial charge in [-0.25, -0.2) is 0 Å². The van der Waals surface area contributed by atoms with E-state index in [1.807, 2.05) is 0 Å². The highest BCUT2D eigenvalue weighted by Gasteiger charge is 2.35. The average Bonchev–Trinajstić information content (AvgIpc) is 2.08. The van der Waals surface area contributed by atoms with Crippen molar-refractivity contribution in [3.63, 3.8) is 0 Å². The number of rotatable bonds is 1. The third-order valence-electron chi connectivity index (χ3n) is 1.94. The minimum absolute atomic E-state index is 0.0712. The molecule has 0 bridgehead atoms. The number of aldehydes is 1. The van der Waals surface area contributed by atoms with E-state index in [2.05, 4.69) is 13.8 Å². The second-order valence-electron chi connectivity index (χ2n) is 3.17. The molecule has 0 N–H and O–H groups in total. The maximum atomic E-state index is 10.3. The zero-order valence-electron chi connectivity index (χ0n) is 5.89. The Morgan fingerprint density at radius 3 is 2.56 bits per heavy atom. The van der Waals surface area contributed by atoms with Crippen LogP contribution in [-0.4, -0.2) is 19.0 Å². The predicted octanol–water partition coefficient (Wildman–Crippen LogP) is 1.00. The Kier molecular flexibility index (Phi) is 1.58. The van der Waals surface area contributed by atoms with Crippen LogP contribution in [0.2, 0.25) is 0 Å². The van der Waals surface area contributed by atoms with Crippen LogP contribution in [0.15, 0.2) is 0 Å². The fraction of sp³-hybridized carbons (Fsp3) is 0.857. The van der Waals surface area contributed by atoms with Gasteiger partial charge >= 0.3 is 0 Å². The summed E-state index contributed by atoms with van der Waals surface area (Å²) in [5, 5.41) is 0. The van der Waals surface area contributed by atoms with Gasteiger partial charge in [-0.3, -0.25) is 0 Å². The molecule has 0 spiro atoms. The van der Waals surface area contributed by atoms with Crippen molar-refractivity contribution in [2.45, 2.75) is 26.4 Å². The number of ether oxygens (including phenoxy) is 1. The van der Waals surface area contributed by atoms with Gasteiger partial charge in [0.25, 0.3) is 0 Å². The van der Waals surface area contributed by atoms with Gasteiger partial charge in [0.15, 0.2) is 0 Å². The summed E-state index contributed by atoms with van der Waals surface area (Å²) in [5.41, 5.74) is 0.0712. The predicted molar refractivity (Wildman–Crippen MR) is 34.2 cm³/mol. The van der Waals surface area contributed by atoms with Crippen molar-refractivity contribution in [2.24, 2.45) is 5.41 Å². The van der Waals surface area contributed by atoms with E-state index in [0.29, 0.717) is 0 Å². The summed E-state index contributed by atoms with van der Waals surface area (Å²) in [5.74, 6) is 0. The maximum absolute atomic E-state index is 10.3. The molecule has 0 aromatic rings. The monoisotopic (exact) mass is 128 g/mol. The minimum atomic E-state index is -0.169. The summed E-state index contributed by atoms with van der Waals surface area (Å²) in [4.78, 5) is 10.3. The first-order chi connectivity index (χ1) is 4.17. The van der Waals surface area contributed by atoms with Crippen LogP contribution < -0.4 is 0 Å². The van der Waals surface area contributed by atoms with Gasteiger partial charge in [-0.05, 0) is 11.8 Å². The lowest BCUT2D eigenvalue weighted by atomic mass is 9.86. The molecule has 0 amide bonds. The van der Waals surface area contributed by atoms with Crippen molar-refractivity contribution < 1.29 is 9.53 Å². The molecule has 0 aromatic carbocycles. The molecule has 0 aliphatic carbocycles. The Hall–Kier alpha value is -0.370. The first-order valence-electron chi connectivity index (χ1n) is 3.24. The molecule has 1 fully saturated rings. The molecule has 0 unspecified atom stereocenters. The molecule has 0 aromatic heterocycles. The fourth-order valence-corrected chi connectivity index (χ4v) is 1.04. The third-order valence-corrected chi connectivity index (χ3v) is 1.94. The Morgan fingerprint density at radius 1 is 1.67 bits per heavy atom. The fourth-order valence-electron chi connectivity index (χ4n) is 1.04. The van der Waals surface area contributed by atoms with E-state index in [-0.39, 0.29) is 11.5 Å². The van der Waals surface area contributed by atoms with E-state index < -0.39 is 0 Å². The molecule has 1 atom stereocenters. The van der Waals surface area contributed by atoms with Gasteiger partial charge < -0.3 is 9.53 Å². The highest BCUT2D eigenvalue weighted by atomic mass is 16.5. The van der Waals surface area contributed by atoms with Crippen molar-refractivity contribution in [1.82, 2.24) is 0 Å². The molecule has 52 valence electrons. The lowest BCUT2D eigenvalue weighted by Gasteiger charge is -2.19. The summed E-state index contributed by atoms with van der Waals surface area (Å²) < 4.78 is 5.15. The van der Waals surface area contributed by atoms with Crippen molar-refractivity contribution in [3.8, 4) is 0 Å². The number of hydrogen-bond donors (Lipinski definition) is 0. The van der Waals surface area contributed by atoms with Gasteiger partial charge in [0.2, 0.25) is 0 Å². The zero-order chi connectivity index (χ0) is 6.91. The summed E-state index contributed by atoms with van der Waals surface area (Å²) in [6.07, 6.45) is 1.72. The number of carbonyl (C=O) groups is 1. The van der Waals surface area contributed by atoms with Crippen LogP contribution in [0.1, 0.15) is 20.3 Å². The van der Waals surface area contributed by atoms with E-state index in [4.69, 9.17) is 4.74 Å². The zero-order valence-corrected chi connectivity index (χ0v) is 5.89. The van der Waals surface area contributed by atoms with Crippen LogP contribution in [0.5, 0.6) is 0 Å². The lowest BCUT2D eigenvalue weighted by molar-refractivity contribution is -0.118. The van der Waals surface area contributed by atoms with Gasteiger partial charge in [0, 0.05) is 6.61 Å². The first-order valence-corrected chi connectivity index (χ1v) is 3.24. The second-order valence-corrected chi connectivity index (χ2v) is 3.17. The van der Waals surface area contributed by atoms with E-state index in [9.17, 15) is 4.79 Å². The molecule has 1 rings (SSSR count). The van der Waals surface area contributed by atoms with Crippen molar-refractivity contribution in [3.05, 3.63) is 0 Å². The molecule has 0 saturated carbocycles. The van der Waals surface area contributed by atoms with Gasteiger partial charge in [0.05, 0.1) is 0 Å².